The summed E-state index contributed by atoms with van der Waals surface area (Å²) in [6.45, 7) is 6.91. The number of nitrogens with zero attached hydrogens (tertiary/aromatic N) is 3. The average Bonchev–Trinajstić information content (AvgIpc) is 2.97. The summed E-state index contributed by atoms with van der Waals surface area (Å²) in [6, 6.07) is 7.54. The van der Waals surface area contributed by atoms with Crippen molar-refractivity contribution in [1.29, 1.82) is 0 Å². The molecule has 2 N–H and O–H groups in total. The Labute approximate surface area is 142 Å². The van der Waals surface area contributed by atoms with Crippen LogP contribution in [0.1, 0.15) is 43.8 Å². The van der Waals surface area contributed by atoms with E-state index in [-0.39, 0.29) is 18.2 Å². The van der Waals surface area contributed by atoms with Crippen LogP contribution in [0.15, 0.2) is 30.6 Å². The second-order valence-corrected chi connectivity index (χ2v) is 6.03. The van der Waals surface area contributed by atoms with Gasteiger partial charge in [-0.1, -0.05) is 24.3 Å². The molecule has 0 spiro atoms. The van der Waals surface area contributed by atoms with Gasteiger partial charge in [-0.05, 0) is 31.9 Å². The van der Waals surface area contributed by atoms with Gasteiger partial charge in [-0.15, -0.1) is 10.2 Å². The quantitative estimate of drug-likeness (QED) is 0.816. The van der Waals surface area contributed by atoms with E-state index in [0.29, 0.717) is 19.0 Å². The zero-order chi connectivity index (χ0) is 17.5. The number of hydrogen-bond acceptors (Lipinski definition) is 4. The first-order valence-corrected chi connectivity index (χ1v) is 8.03. The molecule has 0 fully saturated rings. The molecule has 7 heteroatoms. The van der Waals surface area contributed by atoms with Crippen molar-refractivity contribution in [1.82, 2.24) is 25.4 Å². The molecule has 24 heavy (non-hydrogen) atoms. The molecule has 0 aliphatic rings. The van der Waals surface area contributed by atoms with Crippen LogP contribution in [-0.2, 0) is 24.9 Å². The van der Waals surface area contributed by atoms with Crippen molar-refractivity contribution in [2.75, 3.05) is 0 Å². The summed E-state index contributed by atoms with van der Waals surface area (Å²) in [5, 5.41) is 13.5. The second kappa shape index (κ2) is 8.44. The lowest BCUT2D eigenvalue weighted by molar-refractivity contribution is 0.0657. The number of carbonyl (C=O) groups is 1. The molecule has 1 heterocycles. The van der Waals surface area contributed by atoms with Gasteiger partial charge in [0, 0.05) is 13.6 Å². The molecule has 1 atom stereocenters. The number of ether oxygens (including phenoxy) is 1. The molecule has 130 valence electrons. The average molecular weight is 331 g/mol. The van der Waals surface area contributed by atoms with Gasteiger partial charge < -0.3 is 19.9 Å². The van der Waals surface area contributed by atoms with Gasteiger partial charge in [-0.2, -0.15) is 0 Å². The number of nitrogens with one attached hydrogen (secondary N) is 2. The van der Waals surface area contributed by atoms with E-state index in [4.69, 9.17) is 4.74 Å². The maximum Gasteiger partial charge on any atom is 0.315 e. The van der Waals surface area contributed by atoms with Gasteiger partial charge in [0.05, 0.1) is 18.8 Å². The van der Waals surface area contributed by atoms with Crippen LogP contribution in [0.3, 0.4) is 0 Å². The van der Waals surface area contributed by atoms with E-state index in [9.17, 15) is 4.79 Å². The first-order chi connectivity index (χ1) is 11.5. The molecule has 7 nitrogen and oxygen atoms in total. The fourth-order valence-electron chi connectivity index (χ4n) is 2.27. The number of rotatable bonds is 7. The zero-order valence-electron chi connectivity index (χ0n) is 14.6. The highest BCUT2D eigenvalue weighted by Crippen LogP contribution is 2.09. The predicted molar refractivity (Wildman–Crippen MR) is 91.2 cm³/mol. The van der Waals surface area contributed by atoms with Crippen molar-refractivity contribution in [3.63, 3.8) is 0 Å². The Morgan fingerprint density at radius 2 is 2.04 bits per heavy atom. The van der Waals surface area contributed by atoms with Crippen LogP contribution in [0.2, 0.25) is 0 Å². The van der Waals surface area contributed by atoms with Gasteiger partial charge in [0.25, 0.3) is 0 Å². The van der Waals surface area contributed by atoms with Gasteiger partial charge in [0.15, 0.2) is 5.82 Å². The highest BCUT2D eigenvalue weighted by Gasteiger charge is 2.13. The molecule has 2 amide bonds. The van der Waals surface area contributed by atoms with Crippen molar-refractivity contribution in [2.24, 2.45) is 7.05 Å². The molecule has 2 aromatic rings. The van der Waals surface area contributed by atoms with Crippen molar-refractivity contribution >= 4 is 6.03 Å². The fourth-order valence-corrected chi connectivity index (χ4v) is 2.27. The van der Waals surface area contributed by atoms with Crippen molar-refractivity contribution in [3.8, 4) is 0 Å². The van der Waals surface area contributed by atoms with Crippen LogP contribution in [0.25, 0.3) is 0 Å². The minimum Gasteiger partial charge on any atom is -0.374 e. The third-order valence-corrected chi connectivity index (χ3v) is 3.51. The Balaban J connectivity index is 1.83. The molecule has 2 rings (SSSR count). The highest BCUT2D eigenvalue weighted by molar-refractivity contribution is 5.74. The third-order valence-electron chi connectivity index (χ3n) is 3.51. The Hall–Kier alpha value is -2.41. The van der Waals surface area contributed by atoms with Gasteiger partial charge in [0.2, 0.25) is 0 Å². The molecule has 1 aromatic carbocycles. The van der Waals surface area contributed by atoms with Crippen LogP contribution in [0.5, 0.6) is 0 Å². The summed E-state index contributed by atoms with van der Waals surface area (Å²) in [4.78, 5) is 12.0. The Bertz CT molecular complexity index is 669. The van der Waals surface area contributed by atoms with E-state index in [1.807, 2.05) is 52.1 Å². The molecule has 0 radical (unpaired) electrons. The summed E-state index contributed by atoms with van der Waals surface area (Å²) >= 11 is 0. The lowest BCUT2D eigenvalue weighted by Crippen LogP contribution is -2.37. The molecule has 0 saturated carbocycles. The Morgan fingerprint density at radius 3 is 2.71 bits per heavy atom. The summed E-state index contributed by atoms with van der Waals surface area (Å²) in [7, 11) is 1.84. The van der Waals surface area contributed by atoms with E-state index in [0.717, 1.165) is 11.1 Å². The van der Waals surface area contributed by atoms with Crippen LogP contribution in [-0.4, -0.2) is 26.9 Å². The number of aromatic nitrogens is 3. The van der Waals surface area contributed by atoms with Crippen LogP contribution >= 0.6 is 0 Å². The summed E-state index contributed by atoms with van der Waals surface area (Å²) in [5.41, 5.74) is 2.12. The number of amides is 2. The van der Waals surface area contributed by atoms with Gasteiger partial charge in [-0.25, -0.2) is 4.79 Å². The number of urea groups is 1. The minimum atomic E-state index is -0.241. The first-order valence-electron chi connectivity index (χ1n) is 8.03. The molecule has 0 bridgehead atoms. The molecule has 0 aliphatic carbocycles. The summed E-state index contributed by atoms with van der Waals surface area (Å²) in [6.07, 6.45) is 1.80. The third kappa shape index (κ3) is 5.34. The van der Waals surface area contributed by atoms with Crippen LogP contribution in [0.4, 0.5) is 4.79 Å². The van der Waals surface area contributed by atoms with E-state index in [1.165, 1.54) is 0 Å². The van der Waals surface area contributed by atoms with Crippen molar-refractivity contribution in [2.45, 2.75) is 46.1 Å². The Kier molecular flexibility index (Phi) is 6.31. The maximum atomic E-state index is 12.0. The van der Waals surface area contributed by atoms with Crippen molar-refractivity contribution in [3.05, 3.63) is 47.5 Å². The second-order valence-electron chi connectivity index (χ2n) is 6.03. The van der Waals surface area contributed by atoms with E-state index >= 15 is 0 Å². The largest absolute Gasteiger partial charge is 0.374 e. The topological polar surface area (TPSA) is 81.1 Å². The number of aryl methyl sites for hydroxylation is 1. The van der Waals surface area contributed by atoms with E-state index in [1.54, 1.807) is 10.9 Å². The monoisotopic (exact) mass is 331 g/mol. The molecule has 0 aliphatic heterocycles. The smallest absolute Gasteiger partial charge is 0.315 e. The minimum absolute atomic E-state index is 0.194. The van der Waals surface area contributed by atoms with E-state index < -0.39 is 0 Å². The number of benzene rings is 1. The van der Waals surface area contributed by atoms with E-state index in [2.05, 4.69) is 20.8 Å². The predicted octanol–water partition coefficient (Wildman–Crippen LogP) is 2.30. The normalized spacial score (nSPS) is 12.2. The number of hydrogen-bond donors (Lipinski definition) is 2. The summed E-state index contributed by atoms with van der Waals surface area (Å²) in [5.74, 6) is 0.706. The summed E-state index contributed by atoms with van der Waals surface area (Å²) < 4.78 is 7.38. The maximum absolute atomic E-state index is 12.0. The molecular formula is C17H25N5O2. The number of carbonyl (C=O) groups excluding carboxylic acids is 1. The standard InChI is InChI=1S/C17H25N5O2/c1-12(2)24-10-15-7-5-6-14(8-15)9-18-17(23)20-13(3)16-21-19-11-22(16)4/h5-8,11-13H,9-10H2,1-4H3,(H2,18,20,23)/t13-/m1/s1. The zero-order valence-corrected chi connectivity index (χ0v) is 14.6. The molecule has 1 aromatic heterocycles. The first kappa shape index (κ1) is 17.9. The lowest BCUT2D eigenvalue weighted by atomic mass is 10.1. The molecule has 0 unspecified atom stereocenters. The van der Waals surface area contributed by atoms with Gasteiger partial charge in [0.1, 0.15) is 6.33 Å². The van der Waals surface area contributed by atoms with Crippen LogP contribution in [0, 0.1) is 0 Å². The van der Waals surface area contributed by atoms with Gasteiger partial charge >= 0.3 is 6.03 Å². The molecular weight excluding hydrogens is 306 g/mol. The van der Waals surface area contributed by atoms with Gasteiger partial charge in [-0.3, -0.25) is 0 Å². The Morgan fingerprint density at radius 1 is 1.29 bits per heavy atom. The highest BCUT2D eigenvalue weighted by atomic mass is 16.5. The van der Waals surface area contributed by atoms with Crippen molar-refractivity contribution < 1.29 is 9.53 Å². The SMILES string of the molecule is CC(C)OCc1cccc(CNC(=O)N[C@H](C)c2nncn2C)c1. The van der Waals surface area contributed by atoms with Crippen LogP contribution < -0.4 is 10.6 Å². The molecule has 0 saturated heterocycles. The lowest BCUT2D eigenvalue weighted by Gasteiger charge is -2.14. The fraction of sp³-hybridized carbons (Fsp3) is 0.471.